The Morgan fingerprint density at radius 2 is 1.80 bits per heavy atom. The van der Waals surface area contributed by atoms with Crippen molar-refractivity contribution < 1.29 is 8.78 Å². The van der Waals surface area contributed by atoms with Gasteiger partial charge in [-0.1, -0.05) is 18.2 Å². The molecule has 1 fully saturated rings. The Balaban J connectivity index is 1.61. The molecule has 2 aliphatic rings. The molecule has 1 aliphatic carbocycles. The molecular weight excluding hydrogens is 386 g/mol. The van der Waals surface area contributed by atoms with Gasteiger partial charge in [0.15, 0.2) is 0 Å². The van der Waals surface area contributed by atoms with Crippen molar-refractivity contribution in [1.29, 1.82) is 0 Å². The number of hydrogen-bond donors (Lipinski definition) is 2. The van der Waals surface area contributed by atoms with Crippen LogP contribution in [0.4, 0.5) is 8.78 Å². The number of pyridine rings is 2. The summed E-state index contributed by atoms with van der Waals surface area (Å²) in [6.07, 6.45) is 5.16. The van der Waals surface area contributed by atoms with Gasteiger partial charge in [-0.3, -0.25) is 9.79 Å². The number of benzene rings is 1. The Morgan fingerprint density at radius 1 is 1.07 bits per heavy atom. The molecule has 5 rings (SSSR count). The molecule has 0 bridgehead atoms. The standard InChI is InChI=1S/C23H20F2N4O/c1-13-23(16-4-7-18(24)8-5-16,17-6-9-20(25)26-12-17)29-21(28-13)15-10-19(14-2-3-14)22(30)27-11-15/h4-14H,2-3H2,1H3,(H,27,30)(H,28,29)/t13-,23+/m0/s1. The van der Waals surface area contributed by atoms with Gasteiger partial charge in [-0.05, 0) is 55.5 Å². The molecule has 1 saturated carbocycles. The molecule has 2 aromatic heterocycles. The third-order valence-electron chi connectivity index (χ3n) is 5.97. The van der Waals surface area contributed by atoms with Crippen LogP contribution in [-0.2, 0) is 5.54 Å². The Labute approximate surface area is 171 Å². The second-order valence-corrected chi connectivity index (χ2v) is 7.91. The zero-order valence-electron chi connectivity index (χ0n) is 16.3. The minimum Gasteiger partial charge on any atom is -0.354 e. The Kier molecular flexibility index (Phi) is 4.27. The Hall–Kier alpha value is -3.35. The summed E-state index contributed by atoms with van der Waals surface area (Å²) in [5, 5.41) is 3.49. The average molecular weight is 406 g/mol. The summed E-state index contributed by atoms with van der Waals surface area (Å²) in [7, 11) is 0. The lowest BCUT2D eigenvalue weighted by Crippen LogP contribution is -2.48. The third kappa shape index (κ3) is 3.01. The summed E-state index contributed by atoms with van der Waals surface area (Å²) >= 11 is 0. The Morgan fingerprint density at radius 3 is 2.47 bits per heavy atom. The van der Waals surface area contributed by atoms with Crippen molar-refractivity contribution in [3.05, 3.63) is 99.2 Å². The van der Waals surface area contributed by atoms with Crippen LogP contribution in [0.1, 0.15) is 47.9 Å². The van der Waals surface area contributed by atoms with Crippen molar-refractivity contribution in [3.8, 4) is 0 Å². The van der Waals surface area contributed by atoms with E-state index in [1.54, 1.807) is 24.4 Å². The highest BCUT2D eigenvalue weighted by atomic mass is 19.1. The largest absolute Gasteiger partial charge is 0.354 e. The predicted molar refractivity (Wildman–Crippen MR) is 110 cm³/mol. The zero-order valence-corrected chi connectivity index (χ0v) is 16.3. The number of halogens is 2. The number of aromatic amines is 1. The van der Waals surface area contributed by atoms with Crippen molar-refractivity contribution in [2.24, 2.45) is 4.99 Å². The maximum Gasteiger partial charge on any atom is 0.251 e. The van der Waals surface area contributed by atoms with Gasteiger partial charge in [-0.15, -0.1) is 0 Å². The van der Waals surface area contributed by atoms with Crippen molar-refractivity contribution in [3.63, 3.8) is 0 Å². The molecule has 2 atom stereocenters. The fourth-order valence-corrected chi connectivity index (χ4v) is 4.21. The second kappa shape index (κ2) is 6.86. The highest BCUT2D eigenvalue weighted by Gasteiger charge is 2.45. The molecule has 1 aromatic carbocycles. The number of rotatable bonds is 4. The number of hydrogen-bond acceptors (Lipinski definition) is 4. The lowest BCUT2D eigenvalue weighted by molar-refractivity contribution is 0.430. The quantitative estimate of drug-likeness (QED) is 0.651. The van der Waals surface area contributed by atoms with E-state index >= 15 is 0 Å². The highest BCUT2D eigenvalue weighted by Crippen LogP contribution is 2.40. The van der Waals surface area contributed by atoms with Gasteiger partial charge < -0.3 is 10.3 Å². The van der Waals surface area contributed by atoms with Gasteiger partial charge in [0.2, 0.25) is 5.95 Å². The van der Waals surface area contributed by atoms with Gasteiger partial charge >= 0.3 is 0 Å². The molecule has 5 nitrogen and oxygen atoms in total. The van der Waals surface area contributed by atoms with Crippen LogP contribution in [-0.4, -0.2) is 21.8 Å². The fourth-order valence-electron chi connectivity index (χ4n) is 4.21. The summed E-state index contributed by atoms with van der Waals surface area (Å²) in [5.74, 6) is 0.00715. The molecular formula is C23H20F2N4O. The van der Waals surface area contributed by atoms with Gasteiger partial charge in [0, 0.05) is 29.1 Å². The minimum absolute atomic E-state index is 0.0690. The lowest BCUT2D eigenvalue weighted by atomic mass is 9.79. The molecule has 30 heavy (non-hydrogen) atoms. The van der Waals surface area contributed by atoms with E-state index in [1.165, 1.54) is 24.4 Å². The number of nitrogens with one attached hydrogen (secondary N) is 2. The summed E-state index contributed by atoms with van der Waals surface area (Å²) in [6.45, 7) is 1.94. The summed E-state index contributed by atoms with van der Waals surface area (Å²) in [5.41, 5.74) is 2.14. The number of aliphatic imine (C=N–C) groups is 1. The molecule has 0 spiro atoms. The molecule has 7 heteroatoms. The van der Waals surface area contributed by atoms with E-state index in [1.807, 2.05) is 13.0 Å². The van der Waals surface area contributed by atoms with Crippen LogP contribution in [0.25, 0.3) is 0 Å². The molecule has 3 aromatic rings. The molecule has 3 heterocycles. The van der Waals surface area contributed by atoms with Gasteiger partial charge in [0.1, 0.15) is 17.2 Å². The van der Waals surface area contributed by atoms with Crippen molar-refractivity contribution in [2.45, 2.75) is 37.3 Å². The van der Waals surface area contributed by atoms with Gasteiger partial charge in [-0.25, -0.2) is 9.37 Å². The van der Waals surface area contributed by atoms with Gasteiger partial charge in [0.25, 0.3) is 5.56 Å². The summed E-state index contributed by atoms with van der Waals surface area (Å²) in [4.78, 5) is 23.6. The summed E-state index contributed by atoms with van der Waals surface area (Å²) < 4.78 is 27.1. The SMILES string of the molecule is C[C@@H]1N=C(c2c[nH]c(=O)c(C3CC3)c2)N[C@]1(c1ccc(F)cc1)c1ccc(F)nc1. The van der Waals surface area contributed by atoms with Crippen molar-refractivity contribution in [2.75, 3.05) is 0 Å². The number of aromatic nitrogens is 2. The molecule has 2 N–H and O–H groups in total. The molecule has 0 amide bonds. The first-order valence-corrected chi connectivity index (χ1v) is 9.94. The van der Waals surface area contributed by atoms with Crippen LogP contribution in [0.15, 0.2) is 64.6 Å². The first-order valence-electron chi connectivity index (χ1n) is 9.94. The monoisotopic (exact) mass is 406 g/mol. The first-order chi connectivity index (χ1) is 14.5. The molecule has 0 radical (unpaired) electrons. The molecule has 0 unspecified atom stereocenters. The van der Waals surface area contributed by atoms with E-state index in [4.69, 9.17) is 4.99 Å². The minimum atomic E-state index is -0.848. The normalized spacial score (nSPS) is 23.2. The van der Waals surface area contributed by atoms with E-state index in [-0.39, 0.29) is 17.4 Å². The smallest absolute Gasteiger partial charge is 0.251 e. The van der Waals surface area contributed by atoms with Crippen molar-refractivity contribution >= 4 is 5.84 Å². The van der Waals surface area contributed by atoms with E-state index in [2.05, 4.69) is 15.3 Å². The van der Waals surface area contributed by atoms with E-state index in [0.717, 1.165) is 29.5 Å². The van der Waals surface area contributed by atoms with E-state index in [9.17, 15) is 13.6 Å². The van der Waals surface area contributed by atoms with E-state index in [0.29, 0.717) is 17.3 Å². The van der Waals surface area contributed by atoms with Crippen LogP contribution in [0.5, 0.6) is 0 Å². The molecule has 1 aliphatic heterocycles. The molecule has 152 valence electrons. The zero-order chi connectivity index (χ0) is 20.9. The molecule has 0 saturated heterocycles. The number of nitrogens with zero attached hydrogens (tertiary/aromatic N) is 2. The van der Waals surface area contributed by atoms with Crippen molar-refractivity contribution in [1.82, 2.24) is 15.3 Å². The first kappa shape index (κ1) is 18.7. The maximum absolute atomic E-state index is 13.6. The van der Waals surface area contributed by atoms with E-state index < -0.39 is 11.5 Å². The maximum atomic E-state index is 13.6. The van der Waals surface area contributed by atoms with Gasteiger partial charge in [-0.2, -0.15) is 4.39 Å². The number of H-pyrrole nitrogens is 1. The topological polar surface area (TPSA) is 70.1 Å². The van der Waals surface area contributed by atoms with Crippen LogP contribution < -0.4 is 10.9 Å². The predicted octanol–water partition coefficient (Wildman–Crippen LogP) is 3.61. The van der Waals surface area contributed by atoms with Crippen LogP contribution >= 0.6 is 0 Å². The Bertz CT molecular complexity index is 1140. The lowest BCUT2D eigenvalue weighted by Gasteiger charge is -2.34. The fraction of sp³-hybridized carbons (Fsp3) is 0.261. The highest BCUT2D eigenvalue weighted by molar-refractivity contribution is 6.01. The average Bonchev–Trinajstić information content (AvgIpc) is 3.52. The summed E-state index contributed by atoms with van der Waals surface area (Å²) in [6, 6.07) is 10.7. The van der Waals surface area contributed by atoms with Crippen LogP contribution in [0.3, 0.4) is 0 Å². The number of amidine groups is 1. The van der Waals surface area contributed by atoms with Crippen LogP contribution in [0.2, 0.25) is 0 Å². The third-order valence-corrected chi connectivity index (χ3v) is 5.97. The second-order valence-electron chi connectivity index (χ2n) is 7.91. The van der Waals surface area contributed by atoms with Crippen LogP contribution in [0, 0.1) is 11.8 Å². The van der Waals surface area contributed by atoms with Gasteiger partial charge in [0.05, 0.1) is 6.04 Å².